The minimum absolute atomic E-state index is 0.118. The minimum Gasteiger partial charge on any atom is -0.457 e. The average molecular weight is 521 g/mol. The third kappa shape index (κ3) is 4.97. The molecule has 4 aromatic rings. The van der Waals surface area contributed by atoms with Gasteiger partial charge in [-0.1, -0.05) is 23.7 Å². The fraction of sp³-hybridized carbons (Fsp3) is 0.200. The third-order valence-corrected chi connectivity index (χ3v) is 7.84. The van der Waals surface area contributed by atoms with Crippen LogP contribution in [-0.2, 0) is 16.0 Å². The van der Waals surface area contributed by atoms with E-state index in [1.165, 1.54) is 36.4 Å². The largest absolute Gasteiger partial charge is 0.457 e. The summed E-state index contributed by atoms with van der Waals surface area (Å²) < 4.78 is 71.5. The summed E-state index contributed by atoms with van der Waals surface area (Å²) in [5.74, 6) is 0.578. The van der Waals surface area contributed by atoms with Crippen LogP contribution in [0.4, 0.5) is 13.2 Å². The predicted molar refractivity (Wildman–Crippen MR) is 129 cm³/mol. The Morgan fingerprint density at radius 2 is 1.63 bits per heavy atom. The molecular weight excluding hydrogens is 501 g/mol. The third-order valence-electron chi connectivity index (χ3n) is 5.36. The number of ether oxygens (including phenoxy) is 1. The molecule has 4 rings (SSSR count). The summed E-state index contributed by atoms with van der Waals surface area (Å²) in [4.78, 5) is 8.71. The highest BCUT2D eigenvalue weighted by molar-refractivity contribution is 7.92. The number of aromatic nitrogens is 2. The van der Waals surface area contributed by atoms with E-state index in [1.807, 2.05) is 0 Å². The van der Waals surface area contributed by atoms with Crippen molar-refractivity contribution >= 4 is 32.5 Å². The zero-order chi connectivity index (χ0) is 25.5. The number of alkyl halides is 3. The standard InChI is InChI=1S/C25H20ClF3N2O3S/c1-14(2)35(32,33)18-7-4-6-16(12-18)34-17-10-11-21(26)19(13-17)23-15(3)30-22-9-5-8-20(24(22)31-23)25(27,28)29/h4-14H,1-3H3. The lowest BCUT2D eigenvalue weighted by atomic mass is 10.1. The molecule has 0 saturated heterocycles. The van der Waals surface area contributed by atoms with Gasteiger partial charge in [0.05, 0.1) is 37.6 Å². The van der Waals surface area contributed by atoms with Crippen LogP contribution >= 0.6 is 11.6 Å². The summed E-state index contributed by atoms with van der Waals surface area (Å²) in [5.41, 5.74) is -0.154. The number of hydrogen-bond acceptors (Lipinski definition) is 5. The van der Waals surface area contributed by atoms with Gasteiger partial charge in [-0.15, -0.1) is 0 Å². The number of halogens is 4. The molecule has 0 aliphatic heterocycles. The highest BCUT2D eigenvalue weighted by Gasteiger charge is 2.33. The normalized spacial score (nSPS) is 12.3. The molecule has 0 aliphatic carbocycles. The summed E-state index contributed by atoms with van der Waals surface area (Å²) in [6.45, 7) is 4.81. The van der Waals surface area contributed by atoms with Gasteiger partial charge in [0.15, 0.2) is 9.84 Å². The maximum absolute atomic E-state index is 13.5. The summed E-state index contributed by atoms with van der Waals surface area (Å²) in [7, 11) is -3.50. The van der Waals surface area contributed by atoms with Gasteiger partial charge >= 0.3 is 6.18 Å². The van der Waals surface area contributed by atoms with E-state index in [0.717, 1.165) is 6.07 Å². The van der Waals surface area contributed by atoms with Crippen LogP contribution in [0.5, 0.6) is 11.5 Å². The number of fused-ring (bicyclic) bond motifs is 1. The van der Waals surface area contributed by atoms with Gasteiger partial charge in [0.25, 0.3) is 0 Å². The molecule has 3 aromatic carbocycles. The van der Waals surface area contributed by atoms with Crippen LogP contribution in [0.15, 0.2) is 65.6 Å². The quantitative estimate of drug-likeness (QED) is 0.277. The Labute approximate surface area is 205 Å². The first-order chi connectivity index (χ1) is 16.4. The van der Waals surface area contributed by atoms with Crippen LogP contribution < -0.4 is 4.74 Å². The molecule has 0 amide bonds. The Balaban J connectivity index is 1.78. The van der Waals surface area contributed by atoms with Crippen molar-refractivity contribution in [2.45, 2.75) is 37.1 Å². The molecule has 5 nitrogen and oxygen atoms in total. The Kier molecular flexibility index (Phi) is 6.50. The van der Waals surface area contributed by atoms with Gasteiger partial charge in [-0.05, 0) is 69.3 Å². The fourth-order valence-electron chi connectivity index (χ4n) is 3.52. The molecular formula is C25H20ClF3N2O3S. The number of benzene rings is 3. The number of sulfone groups is 1. The van der Waals surface area contributed by atoms with Gasteiger partial charge in [0.2, 0.25) is 0 Å². The molecule has 0 bridgehead atoms. The lowest BCUT2D eigenvalue weighted by molar-refractivity contribution is -0.136. The number of para-hydroxylation sites is 1. The Hall–Kier alpha value is -3.17. The second kappa shape index (κ2) is 9.13. The van der Waals surface area contributed by atoms with E-state index in [1.54, 1.807) is 39.0 Å². The van der Waals surface area contributed by atoms with Gasteiger partial charge in [-0.3, -0.25) is 0 Å². The molecule has 0 N–H and O–H groups in total. The topological polar surface area (TPSA) is 69.2 Å². The predicted octanol–water partition coefficient (Wildman–Crippen LogP) is 7.25. The summed E-state index contributed by atoms with van der Waals surface area (Å²) in [5, 5.41) is -0.356. The minimum atomic E-state index is -4.60. The molecule has 182 valence electrons. The molecule has 0 radical (unpaired) electrons. The molecule has 35 heavy (non-hydrogen) atoms. The molecule has 0 saturated carbocycles. The van der Waals surface area contributed by atoms with Crippen molar-refractivity contribution in [2.75, 3.05) is 0 Å². The number of rotatable bonds is 5. The molecule has 0 spiro atoms. The molecule has 1 aromatic heterocycles. The number of nitrogens with zero attached hydrogens (tertiary/aromatic N) is 2. The lowest BCUT2D eigenvalue weighted by Crippen LogP contribution is -2.13. The molecule has 0 unspecified atom stereocenters. The van der Waals surface area contributed by atoms with Crippen LogP contribution in [0.25, 0.3) is 22.3 Å². The fourth-order valence-corrected chi connectivity index (χ4v) is 4.82. The van der Waals surface area contributed by atoms with Gasteiger partial charge < -0.3 is 4.74 Å². The Bertz CT molecular complexity index is 1540. The zero-order valence-electron chi connectivity index (χ0n) is 18.9. The first-order valence-corrected chi connectivity index (χ1v) is 12.5. The average Bonchev–Trinajstić information content (AvgIpc) is 2.79. The summed E-state index contributed by atoms with van der Waals surface area (Å²) >= 11 is 6.38. The molecule has 0 aliphatic rings. The van der Waals surface area contributed by atoms with Gasteiger partial charge in [-0.2, -0.15) is 13.2 Å². The SMILES string of the molecule is Cc1nc2cccc(C(F)(F)F)c2nc1-c1cc(Oc2cccc(S(=O)(=O)C(C)C)c2)ccc1Cl. The van der Waals surface area contributed by atoms with Crippen LogP contribution in [0.2, 0.25) is 5.02 Å². The zero-order valence-corrected chi connectivity index (χ0v) is 20.5. The van der Waals surface area contributed by atoms with E-state index in [4.69, 9.17) is 16.3 Å². The maximum atomic E-state index is 13.5. The summed E-state index contributed by atoms with van der Waals surface area (Å²) in [6, 6.07) is 14.4. The van der Waals surface area contributed by atoms with E-state index in [0.29, 0.717) is 17.0 Å². The van der Waals surface area contributed by atoms with E-state index in [-0.39, 0.29) is 32.4 Å². The number of hydrogen-bond donors (Lipinski definition) is 0. The highest BCUT2D eigenvalue weighted by atomic mass is 35.5. The van der Waals surface area contributed by atoms with Crippen LogP contribution in [0.1, 0.15) is 25.1 Å². The van der Waals surface area contributed by atoms with E-state index >= 15 is 0 Å². The maximum Gasteiger partial charge on any atom is 0.418 e. The van der Waals surface area contributed by atoms with Crippen molar-refractivity contribution in [3.8, 4) is 22.8 Å². The van der Waals surface area contributed by atoms with E-state index in [9.17, 15) is 21.6 Å². The first-order valence-electron chi connectivity index (χ1n) is 10.5. The van der Waals surface area contributed by atoms with Crippen LogP contribution in [-0.4, -0.2) is 23.6 Å². The number of aryl methyl sites for hydroxylation is 1. The van der Waals surface area contributed by atoms with Crippen LogP contribution in [0.3, 0.4) is 0 Å². The smallest absolute Gasteiger partial charge is 0.418 e. The van der Waals surface area contributed by atoms with Crippen molar-refractivity contribution in [3.63, 3.8) is 0 Å². The molecule has 0 fully saturated rings. The van der Waals surface area contributed by atoms with Crippen molar-refractivity contribution in [1.29, 1.82) is 0 Å². The van der Waals surface area contributed by atoms with Crippen molar-refractivity contribution < 1.29 is 26.3 Å². The molecule has 10 heteroatoms. The monoisotopic (exact) mass is 520 g/mol. The van der Waals surface area contributed by atoms with Crippen molar-refractivity contribution in [2.24, 2.45) is 0 Å². The second-order valence-corrected chi connectivity index (χ2v) is 11.1. The van der Waals surface area contributed by atoms with Crippen LogP contribution in [0, 0.1) is 6.92 Å². The van der Waals surface area contributed by atoms with Gasteiger partial charge in [0.1, 0.15) is 17.0 Å². The van der Waals surface area contributed by atoms with Crippen molar-refractivity contribution in [1.82, 2.24) is 9.97 Å². The summed E-state index contributed by atoms with van der Waals surface area (Å²) in [6.07, 6.45) is -4.60. The highest BCUT2D eigenvalue weighted by Crippen LogP contribution is 2.38. The van der Waals surface area contributed by atoms with Gasteiger partial charge in [-0.25, -0.2) is 18.4 Å². The lowest BCUT2D eigenvalue weighted by Gasteiger charge is -2.14. The molecule has 0 atom stereocenters. The Morgan fingerprint density at radius 1 is 0.943 bits per heavy atom. The first kappa shape index (κ1) is 24.9. The van der Waals surface area contributed by atoms with E-state index < -0.39 is 26.8 Å². The van der Waals surface area contributed by atoms with Gasteiger partial charge in [0, 0.05) is 5.56 Å². The van der Waals surface area contributed by atoms with E-state index in [2.05, 4.69) is 9.97 Å². The molecule has 1 heterocycles. The Morgan fingerprint density at radius 3 is 2.31 bits per heavy atom. The second-order valence-electron chi connectivity index (χ2n) is 8.14. The van der Waals surface area contributed by atoms with Crippen molar-refractivity contribution in [3.05, 3.63) is 76.9 Å².